The molecule has 2 aromatic rings. The van der Waals surface area contributed by atoms with Crippen LogP contribution >= 0.6 is 12.2 Å². The van der Waals surface area contributed by atoms with Gasteiger partial charge in [-0.2, -0.15) is 0 Å². The van der Waals surface area contributed by atoms with Crippen molar-refractivity contribution in [2.24, 2.45) is 0 Å². The van der Waals surface area contributed by atoms with Crippen molar-refractivity contribution in [3.05, 3.63) is 59.7 Å². The van der Waals surface area contributed by atoms with Crippen LogP contribution in [0.15, 0.2) is 48.5 Å². The highest BCUT2D eigenvalue weighted by atomic mass is 32.1. The van der Waals surface area contributed by atoms with Crippen molar-refractivity contribution in [3.8, 4) is 5.75 Å². The second kappa shape index (κ2) is 8.96. The van der Waals surface area contributed by atoms with Crippen molar-refractivity contribution in [3.63, 3.8) is 0 Å². The molecule has 0 saturated heterocycles. The van der Waals surface area contributed by atoms with Crippen LogP contribution in [0.1, 0.15) is 15.9 Å². The first-order valence-electron chi connectivity index (χ1n) is 7.95. The molecule has 0 bridgehead atoms. The number of benzene rings is 2. The van der Waals surface area contributed by atoms with E-state index in [1.807, 2.05) is 12.1 Å². The van der Waals surface area contributed by atoms with E-state index >= 15 is 0 Å². The third kappa shape index (κ3) is 5.29. The normalized spacial score (nSPS) is 9.96. The molecule has 2 N–H and O–H groups in total. The van der Waals surface area contributed by atoms with Crippen molar-refractivity contribution in [2.75, 3.05) is 26.5 Å². The van der Waals surface area contributed by atoms with E-state index in [1.165, 1.54) is 4.90 Å². The fourth-order valence-corrected chi connectivity index (χ4v) is 2.50. The first-order valence-corrected chi connectivity index (χ1v) is 8.36. The Labute approximate surface area is 158 Å². The summed E-state index contributed by atoms with van der Waals surface area (Å²) in [4.78, 5) is 25.8. The molecule has 2 amide bonds. The van der Waals surface area contributed by atoms with Crippen LogP contribution in [0.5, 0.6) is 5.75 Å². The van der Waals surface area contributed by atoms with Crippen LogP contribution in [0.4, 0.5) is 5.69 Å². The Hall–Kier alpha value is -2.93. The zero-order valence-corrected chi connectivity index (χ0v) is 15.7. The Kier molecular flexibility index (Phi) is 6.68. The van der Waals surface area contributed by atoms with Gasteiger partial charge in [-0.3, -0.25) is 9.59 Å². The van der Waals surface area contributed by atoms with Gasteiger partial charge in [-0.05, 0) is 42.0 Å². The highest BCUT2D eigenvalue weighted by Crippen LogP contribution is 2.16. The minimum atomic E-state index is -0.246. The second-order valence-corrected chi connectivity index (χ2v) is 6.18. The zero-order chi connectivity index (χ0) is 19.1. The lowest BCUT2D eigenvalue weighted by Crippen LogP contribution is -2.35. The van der Waals surface area contributed by atoms with Crippen molar-refractivity contribution >= 4 is 34.8 Å². The number of amides is 2. The molecule has 7 heteroatoms. The maximum Gasteiger partial charge on any atom is 0.255 e. The van der Waals surface area contributed by atoms with Gasteiger partial charge in [0.2, 0.25) is 5.91 Å². The maximum absolute atomic E-state index is 12.2. The van der Waals surface area contributed by atoms with Gasteiger partial charge in [0.25, 0.3) is 5.91 Å². The number of rotatable bonds is 5. The van der Waals surface area contributed by atoms with E-state index in [1.54, 1.807) is 57.6 Å². The van der Waals surface area contributed by atoms with E-state index in [-0.39, 0.29) is 23.3 Å². The van der Waals surface area contributed by atoms with Gasteiger partial charge in [0.05, 0.1) is 24.8 Å². The molecule has 0 aliphatic heterocycles. The van der Waals surface area contributed by atoms with Crippen LogP contribution in [0.25, 0.3) is 0 Å². The molecule has 0 spiro atoms. The summed E-state index contributed by atoms with van der Waals surface area (Å²) < 4.78 is 5.09. The number of nitrogens with one attached hydrogen (secondary N) is 2. The molecule has 0 fully saturated rings. The molecule has 0 unspecified atom stereocenters. The lowest BCUT2D eigenvalue weighted by atomic mass is 10.1. The van der Waals surface area contributed by atoms with Crippen molar-refractivity contribution < 1.29 is 14.3 Å². The third-order valence-electron chi connectivity index (χ3n) is 3.59. The van der Waals surface area contributed by atoms with E-state index in [4.69, 9.17) is 17.0 Å². The molecular formula is C19H21N3O3S. The lowest BCUT2D eigenvalue weighted by molar-refractivity contribution is -0.119. The molecular weight excluding hydrogens is 350 g/mol. The molecule has 26 heavy (non-hydrogen) atoms. The molecule has 6 nitrogen and oxygen atoms in total. The predicted molar refractivity (Wildman–Crippen MR) is 106 cm³/mol. The minimum absolute atomic E-state index is 0.141. The molecule has 0 saturated carbocycles. The van der Waals surface area contributed by atoms with Gasteiger partial charge < -0.3 is 20.3 Å². The lowest BCUT2D eigenvalue weighted by Gasteiger charge is -2.16. The number of methoxy groups -OCH3 is 1. The summed E-state index contributed by atoms with van der Waals surface area (Å²) in [5, 5.41) is 5.68. The zero-order valence-electron chi connectivity index (χ0n) is 14.9. The quantitative estimate of drug-likeness (QED) is 0.790. The summed E-state index contributed by atoms with van der Waals surface area (Å²) >= 11 is 5.19. The minimum Gasteiger partial charge on any atom is -0.497 e. The van der Waals surface area contributed by atoms with Gasteiger partial charge >= 0.3 is 0 Å². The first kappa shape index (κ1) is 19.4. The van der Waals surface area contributed by atoms with Gasteiger partial charge in [0.15, 0.2) is 5.11 Å². The van der Waals surface area contributed by atoms with Gasteiger partial charge in [0, 0.05) is 14.1 Å². The summed E-state index contributed by atoms with van der Waals surface area (Å²) in [6, 6.07) is 14.2. The Morgan fingerprint density at radius 3 is 2.35 bits per heavy atom. The number of carbonyl (C=O) groups excluding carboxylic acids is 2. The third-order valence-corrected chi connectivity index (χ3v) is 3.79. The van der Waals surface area contributed by atoms with E-state index in [0.717, 1.165) is 11.3 Å². The number of anilines is 1. The van der Waals surface area contributed by atoms with Crippen molar-refractivity contribution in [1.29, 1.82) is 0 Å². The molecule has 2 aromatic carbocycles. The van der Waals surface area contributed by atoms with Crippen LogP contribution in [0.3, 0.4) is 0 Å². The first-order chi connectivity index (χ1) is 12.4. The van der Waals surface area contributed by atoms with E-state index in [0.29, 0.717) is 11.3 Å². The Morgan fingerprint density at radius 1 is 1.08 bits per heavy atom. The molecule has 0 radical (unpaired) electrons. The number of ether oxygens (including phenoxy) is 1. The van der Waals surface area contributed by atoms with E-state index in [9.17, 15) is 9.59 Å². The standard InChI is InChI=1S/C19H21N3O3S/c1-22(2)18(24)15-6-4-5-7-16(15)20-19(26)21-17(23)12-13-8-10-14(25-3)11-9-13/h4-11H,12H2,1-3H3,(H2,20,21,23,26). The second-order valence-electron chi connectivity index (χ2n) is 5.77. The van der Waals surface area contributed by atoms with Crippen LogP contribution in [0.2, 0.25) is 0 Å². The number of thiocarbonyl (C=S) groups is 1. The number of hydrogen-bond donors (Lipinski definition) is 2. The van der Waals surface area contributed by atoms with Crippen LogP contribution in [0, 0.1) is 0 Å². The summed E-state index contributed by atoms with van der Waals surface area (Å²) in [5.74, 6) is 0.332. The summed E-state index contributed by atoms with van der Waals surface area (Å²) in [7, 11) is 4.94. The van der Waals surface area contributed by atoms with Crippen LogP contribution in [-0.4, -0.2) is 43.0 Å². The fraction of sp³-hybridized carbons (Fsp3) is 0.211. The van der Waals surface area contributed by atoms with E-state index < -0.39 is 0 Å². The van der Waals surface area contributed by atoms with Gasteiger partial charge in [0.1, 0.15) is 5.75 Å². The average Bonchev–Trinajstić information content (AvgIpc) is 2.62. The largest absolute Gasteiger partial charge is 0.497 e. The molecule has 0 heterocycles. The molecule has 0 aliphatic rings. The molecule has 0 aromatic heterocycles. The molecule has 2 rings (SSSR count). The molecule has 0 atom stereocenters. The number of hydrogen-bond acceptors (Lipinski definition) is 4. The van der Waals surface area contributed by atoms with Gasteiger partial charge in [-0.25, -0.2) is 0 Å². The smallest absolute Gasteiger partial charge is 0.255 e. The summed E-state index contributed by atoms with van der Waals surface area (Å²) in [5.41, 5.74) is 1.86. The molecule has 0 aliphatic carbocycles. The number of nitrogens with zero attached hydrogens (tertiary/aromatic N) is 1. The maximum atomic E-state index is 12.2. The summed E-state index contributed by atoms with van der Waals surface area (Å²) in [6.07, 6.45) is 0.185. The Balaban J connectivity index is 1.98. The Bertz CT molecular complexity index is 804. The van der Waals surface area contributed by atoms with Crippen molar-refractivity contribution in [2.45, 2.75) is 6.42 Å². The average molecular weight is 371 g/mol. The SMILES string of the molecule is COc1ccc(CC(=O)NC(=S)Nc2ccccc2C(=O)N(C)C)cc1. The van der Waals surface area contributed by atoms with Crippen LogP contribution in [-0.2, 0) is 11.2 Å². The van der Waals surface area contributed by atoms with Crippen molar-refractivity contribution in [1.82, 2.24) is 10.2 Å². The fourth-order valence-electron chi connectivity index (χ4n) is 2.27. The number of para-hydroxylation sites is 1. The van der Waals surface area contributed by atoms with Gasteiger partial charge in [-0.1, -0.05) is 24.3 Å². The van der Waals surface area contributed by atoms with Crippen LogP contribution < -0.4 is 15.4 Å². The Morgan fingerprint density at radius 2 is 1.73 bits per heavy atom. The highest BCUT2D eigenvalue weighted by Gasteiger charge is 2.14. The summed E-state index contributed by atoms with van der Waals surface area (Å²) in [6.45, 7) is 0. The topological polar surface area (TPSA) is 70.7 Å². The number of carbonyl (C=O) groups is 2. The monoisotopic (exact) mass is 371 g/mol. The highest BCUT2D eigenvalue weighted by molar-refractivity contribution is 7.80. The van der Waals surface area contributed by atoms with E-state index in [2.05, 4.69) is 10.6 Å². The van der Waals surface area contributed by atoms with Gasteiger partial charge in [-0.15, -0.1) is 0 Å². The predicted octanol–water partition coefficient (Wildman–Crippen LogP) is 2.45. The molecule has 136 valence electrons.